The minimum Gasteiger partial charge on any atom is -0.506 e. The van der Waals surface area contributed by atoms with E-state index in [9.17, 15) is 14.7 Å². The number of pyridine rings is 1. The fraction of sp³-hybridized carbons (Fsp3) is 0.125. The van der Waals surface area contributed by atoms with Crippen LogP contribution in [0.25, 0.3) is 22.2 Å². The van der Waals surface area contributed by atoms with Gasteiger partial charge in [-0.25, -0.2) is 4.79 Å². The van der Waals surface area contributed by atoms with E-state index in [4.69, 9.17) is 9.52 Å². The first-order valence-electron chi connectivity index (χ1n) is 6.72. The van der Waals surface area contributed by atoms with Crippen LogP contribution in [-0.4, -0.2) is 21.2 Å². The number of hydrogen-bond donors (Lipinski definition) is 3. The number of furan rings is 1. The van der Waals surface area contributed by atoms with Gasteiger partial charge in [-0.15, -0.1) is 0 Å². The van der Waals surface area contributed by atoms with Crippen LogP contribution in [0.2, 0.25) is 0 Å². The highest BCUT2D eigenvalue weighted by Crippen LogP contribution is 2.31. The number of carboxylic acids is 1. The molecule has 0 amide bonds. The summed E-state index contributed by atoms with van der Waals surface area (Å²) in [5.74, 6) is -1.94. The molecule has 0 saturated carbocycles. The lowest BCUT2D eigenvalue weighted by Gasteiger charge is -2.12. The van der Waals surface area contributed by atoms with Gasteiger partial charge < -0.3 is 19.6 Å². The smallest absolute Gasteiger partial charge is 0.345 e. The molecule has 0 aliphatic carbocycles. The van der Waals surface area contributed by atoms with Gasteiger partial charge >= 0.3 is 5.97 Å². The molecule has 0 spiro atoms. The molecule has 0 unspecified atom stereocenters. The van der Waals surface area contributed by atoms with Gasteiger partial charge in [0.25, 0.3) is 5.56 Å². The Kier molecular flexibility index (Phi) is 3.21. The lowest BCUT2D eigenvalue weighted by molar-refractivity contribution is 0.0691. The molecular formula is C16H13NO5. The second-order valence-electron chi connectivity index (χ2n) is 4.86. The number of rotatable bonds is 3. The van der Waals surface area contributed by atoms with E-state index < -0.39 is 22.8 Å². The van der Waals surface area contributed by atoms with Gasteiger partial charge in [-0.05, 0) is 36.2 Å². The Morgan fingerprint density at radius 2 is 2.09 bits per heavy atom. The van der Waals surface area contributed by atoms with Crippen molar-refractivity contribution in [3.8, 4) is 17.0 Å². The van der Waals surface area contributed by atoms with Crippen molar-refractivity contribution in [1.29, 1.82) is 0 Å². The molecule has 6 nitrogen and oxygen atoms in total. The van der Waals surface area contributed by atoms with Gasteiger partial charge in [0.05, 0.1) is 12.0 Å². The number of aromatic hydroxyl groups is 1. The molecular weight excluding hydrogens is 286 g/mol. The summed E-state index contributed by atoms with van der Waals surface area (Å²) in [6, 6.07) is 7.10. The molecule has 0 atom stereocenters. The zero-order chi connectivity index (χ0) is 15.9. The quantitative estimate of drug-likeness (QED) is 0.690. The molecule has 0 aliphatic rings. The second kappa shape index (κ2) is 5.07. The number of aromatic carboxylic acids is 1. The van der Waals surface area contributed by atoms with Crippen LogP contribution in [0.4, 0.5) is 0 Å². The van der Waals surface area contributed by atoms with E-state index in [2.05, 4.69) is 4.98 Å². The summed E-state index contributed by atoms with van der Waals surface area (Å²) in [7, 11) is 0. The molecule has 1 aromatic carbocycles. The third-order valence-corrected chi connectivity index (χ3v) is 3.60. The summed E-state index contributed by atoms with van der Waals surface area (Å²) >= 11 is 0. The molecule has 112 valence electrons. The largest absolute Gasteiger partial charge is 0.506 e. The van der Waals surface area contributed by atoms with Crippen LogP contribution in [0.15, 0.2) is 39.7 Å². The SMILES string of the molecule is CCc1c(-c2ccc3occc3c2)[nH]c(=O)c(C(=O)O)c1O. The number of nitrogens with one attached hydrogen (secondary N) is 1. The van der Waals surface area contributed by atoms with Crippen molar-refractivity contribution >= 4 is 16.9 Å². The first-order chi connectivity index (χ1) is 10.5. The second-order valence-corrected chi connectivity index (χ2v) is 4.86. The summed E-state index contributed by atoms with van der Waals surface area (Å²) in [5.41, 5.74) is 0.720. The Bertz CT molecular complexity index is 935. The Morgan fingerprint density at radius 1 is 1.32 bits per heavy atom. The van der Waals surface area contributed by atoms with Crippen molar-refractivity contribution in [3.63, 3.8) is 0 Å². The molecule has 3 N–H and O–H groups in total. The van der Waals surface area contributed by atoms with E-state index in [1.54, 1.807) is 31.4 Å². The lowest BCUT2D eigenvalue weighted by atomic mass is 10.00. The fourth-order valence-electron chi connectivity index (χ4n) is 2.54. The summed E-state index contributed by atoms with van der Waals surface area (Å²) in [4.78, 5) is 25.6. The van der Waals surface area contributed by atoms with Gasteiger partial charge in [-0.2, -0.15) is 0 Å². The molecule has 0 bridgehead atoms. The number of aromatic nitrogens is 1. The van der Waals surface area contributed by atoms with E-state index in [1.165, 1.54) is 0 Å². The van der Waals surface area contributed by atoms with Gasteiger partial charge in [0.15, 0.2) is 5.56 Å². The zero-order valence-corrected chi connectivity index (χ0v) is 11.7. The molecule has 2 heterocycles. The lowest BCUT2D eigenvalue weighted by Crippen LogP contribution is -2.20. The van der Waals surface area contributed by atoms with Gasteiger partial charge in [-0.3, -0.25) is 4.79 Å². The molecule has 0 aliphatic heterocycles. The van der Waals surface area contributed by atoms with Crippen LogP contribution in [0, 0.1) is 0 Å². The Hall–Kier alpha value is -3.02. The molecule has 0 fully saturated rings. The molecule has 3 aromatic rings. The van der Waals surface area contributed by atoms with E-state index in [1.807, 2.05) is 6.07 Å². The first-order valence-corrected chi connectivity index (χ1v) is 6.72. The maximum absolute atomic E-state index is 11.9. The van der Waals surface area contributed by atoms with Crippen molar-refractivity contribution in [2.24, 2.45) is 0 Å². The minimum atomic E-state index is -1.45. The predicted molar refractivity (Wildman–Crippen MR) is 80.3 cm³/mol. The Balaban J connectivity index is 2.30. The topological polar surface area (TPSA) is 104 Å². The molecule has 6 heteroatoms. The third kappa shape index (κ3) is 2.05. The number of fused-ring (bicyclic) bond motifs is 1. The monoisotopic (exact) mass is 299 g/mol. The van der Waals surface area contributed by atoms with Crippen molar-refractivity contribution in [2.45, 2.75) is 13.3 Å². The molecule has 0 saturated heterocycles. The average Bonchev–Trinajstić information content (AvgIpc) is 2.93. The van der Waals surface area contributed by atoms with Gasteiger partial charge in [0.2, 0.25) is 0 Å². The van der Waals surface area contributed by atoms with Crippen molar-refractivity contribution in [1.82, 2.24) is 4.98 Å². The summed E-state index contributed by atoms with van der Waals surface area (Å²) < 4.78 is 5.26. The van der Waals surface area contributed by atoms with Crippen LogP contribution in [0.5, 0.6) is 5.75 Å². The number of carboxylic acid groups (broad SMARTS) is 1. The standard InChI is InChI=1S/C16H13NO5/c1-2-10-13(17-15(19)12(14(10)18)16(20)21)9-3-4-11-8(7-9)5-6-22-11/h3-7H,2H2,1H3,(H,20,21)(H2,17,18,19). The molecule has 3 rings (SSSR count). The van der Waals surface area contributed by atoms with Crippen LogP contribution in [0.3, 0.4) is 0 Å². The Morgan fingerprint density at radius 3 is 2.77 bits per heavy atom. The summed E-state index contributed by atoms with van der Waals surface area (Å²) in [6.45, 7) is 1.78. The molecule has 22 heavy (non-hydrogen) atoms. The van der Waals surface area contributed by atoms with E-state index in [0.717, 1.165) is 5.39 Å². The number of aromatic amines is 1. The normalized spacial score (nSPS) is 11.0. The average molecular weight is 299 g/mol. The van der Waals surface area contributed by atoms with Gasteiger partial charge in [-0.1, -0.05) is 6.92 Å². The third-order valence-electron chi connectivity index (χ3n) is 3.60. The first kappa shape index (κ1) is 13.9. The summed E-state index contributed by atoms with van der Waals surface area (Å²) in [5, 5.41) is 20.0. The maximum Gasteiger partial charge on any atom is 0.345 e. The van der Waals surface area contributed by atoms with Crippen molar-refractivity contribution in [3.05, 3.63) is 52.0 Å². The van der Waals surface area contributed by atoms with E-state index in [0.29, 0.717) is 28.8 Å². The van der Waals surface area contributed by atoms with Crippen molar-refractivity contribution < 1.29 is 19.4 Å². The fourth-order valence-corrected chi connectivity index (χ4v) is 2.54. The van der Waals surface area contributed by atoms with E-state index >= 15 is 0 Å². The number of hydrogen-bond acceptors (Lipinski definition) is 4. The van der Waals surface area contributed by atoms with Crippen molar-refractivity contribution in [2.75, 3.05) is 0 Å². The van der Waals surface area contributed by atoms with Crippen LogP contribution in [0.1, 0.15) is 22.8 Å². The molecule has 2 aromatic heterocycles. The highest BCUT2D eigenvalue weighted by molar-refractivity contribution is 5.92. The molecule has 0 radical (unpaired) electrons. The van der Waals surface area contributed by atoms with Crippen LogP contribution >= 0.6 is 0 Å². The summed E-state index contributed by atoms with van der Waals surface area (Å²) in [6.07, 6.45) is 1.94. The van der Waals surface area contributed by atoms with Gasteiger partial charge in [0, 0.05) is 10.9 Å². The van der Waals surface area contributed by atoms with E-state index in [-0.39, 0.29) is 0 Å². The highest BCUT2D eigenvalue weighted by Gasteiger charge is 2.21. The van der Waals surface area contributed by atoms with Gasteiger partial charge in [0.1, 0.15) is 11.3 Å². The number of carbonyl (C=O) groups is 1. The predicted octanol–water partition coefficient (Wildman–Crippen LogP) is 2.75. The highest BCUT2D eigenvalue weighted by atomic mass is 16.4. The van der Waals surface area contributed by atoms with Crippen LogP contribution < -0.4 is 5.56 Å². The Labute approximate surface area is 124 Å². The van der Waals surface area contributed by atoms with Crippen LogP contribution in [-0.2, 0) is 6.42 Å². The maximum atomic E-state index is 11.9. The zero-order valence-electron chi connectivity index (χ0n) is 11.7. The number of H-pyrrole nitrogens is 1. The minimum absolute atomic E-state index is 0.377. The number of benzene rings is 1.